The minimum absolute atomic E-state index is 0.0719. The van der Waals surface area contributed by atoms with Crippen molar-refractivity contribution in [2.24, 2.45) is 10.8 Å². The van der Waals surface area contributed by atoms with Crippen LogP contribution in [0.3, 0.4) is 0 Å². The van der Waals surface area contributed by atoms with Crippen molar-refractivity contribution in [1.82, 2.24) is 0 Å². The van der Waals surface area contributed by atoms with Crippen molar-refractivity contribution < 1.29 is 10.2 Å². The summed E-state index contributed by atoms with van der Waals surface area (Å²) in [4.78, 5) is 0. The first kappa shape index (κ1) is 40.5. The molecule has 0 spiro atoms. The van der Waals surface area contributed by atoms with E-state index >= 15 is 0 Å². The first-order valence-corrected chi connectivity index (χ1v) is 16.6. The highest BCUT2D eigenvalue weighted by molar-refractivity contribution is 6.49. The molecule has 264 valence electrons. The molecule has 0 saturated heterocycles. The van der Waals surface area contributed by atoms with Crippen molar-refractivity contribution in [2.45, 2.75) is 99.3 Å². The second-order valence-corrected chi connectivity index (χ2v) is 16.7. The highest BCUT2D eigenvalue weighted by atomic mass is 16.3. The molecular formula is C41H58N6O2. The Bertz CT molecular complexity index is 1540. The monoisotopic (exact) mass is 666 g/mol. The molecule has 0 heterocycles. The number of benzene rings is 2. The molecule has 0 amide bonds. The van der Waals surface area contributed by atoms with Gasteiger partial charge in [0, 0.05) is 17.5 Å². The maximum absolute atomic E-state index is 10.8. The van der Waals surface area contributed by atoms with Crippen LogP contribution < -0.4 is 11.5 Å². The van der Waals surface area contributed by atoms with Gasteiger partial charge in [0.25, 0.3) is 0 Å². The molecule has 2 aromatic carbocycles. The largest absolute Gasteiger partial charge is 0.505 e. The fourth-order valence-corrected chi connectivity index (χ4v) is 6.52. The first-order chi connectivity index (χ1) is 22.3. The maximum atomic E-state index is 10.8. The smallest absolute Gasteiger partial charge is 0.142 e. The van der Waals surface area contributed by atoms with E-state index in [2.05, 4.69) is 69.2 Å². The van der Waals surface area contributed by atoms with Gasteiger partial charge in [-0.1, -0.05) is 106 Å². The van der Waals surface area contributed by atoms with E-state index in [-0.39, 0.29) is 56.0 Å². The molecule has 8 heteroatoms. The number of aromatic hydroxyl groups is 2. The van der Waals surface area contributed by atoms with Gasteiger partial charge in [-0.05, 0) is 82.1 Å². The van der Waals surface area contributed by atoms with Gasteiger partial charge >= 0.3 is 0 Å². The number of hydrogen-bond acceptors (Lipinski definition) is 8. The average Bonchev–Trinajstić information content (AvgIpc) is 2.94. The minimum Gasteiger partial charge on any atom is -0.505 e. The summed E-state index contributed by atoms with van der Waals surface area (Å²) in [6.07, 6.45) is 15.7. The van der Waals surface area contributed by atoms with E-state index in [9.17, 15) is 10.2 Å². The third-order valence-electron chi connectivity index (χ3n) is 8.18. The first-order valence-electron chi connectivity index (χ1n) is 16.6. The minimum atomic E-state index is -0.119. The van der Waals surface area contributed by atoms with Crippen molar-refractivity contribution in [1.29, 1.82) is 21.6 Å². The van der Waals surface area contributed by atoms with Crippen LogP contribution in [0.2, 0.25) is 0 Å². The number of nitrogens with two attached hydrogens (primary N) is 2. The Kier molecular flexibility index (Phi) is 12.9. The van der Waals surface area contributed by atoms with Crippen molar-refractivity contribution in [3.8, 4) is 11.5 Å². The predicted molar refractivity (Wildman–Crippen MR) is 210 cm³/mol. The highest BCUT2D eigenvalue weighted by Crippen LogP contribution is 2.43. The molecule has 2 aromatic rings. The standard InChI is InChI=1S/C29H46N2O2.2C6H6N2/c1-26(2,3)16-28(7,8)20-12-18(24(32)22(30)14-20)11-19-13-21(15-23(31)25(19)33)29(9,10)17-27(4,5)6;2*7-5-3-1-2-4-6(5)8/h12-15,32-33H,11,16-17,30-31H2,1-10H3;2*1-4,7-8H. The summed E-state index contributed by atoms with van der Waals surface area (Å²) >= 11 is 0. The topological polar surface area (TPSA) is 188 Å². The highest BCUT2D eigenvalue weighted by Gasteiger charge is 2.30. The van der Waals surface area contributed by atoms with Crippen LogP contribution in [0.5, 0.6) is 11.5 Å². The molecule has 0 unspecified atom stereocenters. The molecule has 0 atom stereocenters. The third-order valence-corrected chi connectivity index (χ3v) is 8.18. The summed E-state index contributed by atoms with van der Waals surface area (Å²) in [7, 11) is 0. The van der Waals surface area contributed by atoms with Gasteiger partial charge < -0.3 is 21.7 Å². The van der Waals surface area contributed by atoms with Gasteiger partial charge in [-0.15, -0.1) is 0 Å². The molecule has 49 heavy (non-hydrogen) atoms. The summed E-state index contributed by atoms with van der Waals surface area (Å²) in [5.41, 5.74) is 18.0. The Morgan fingerprint density at radius 2 is 0.755 bits per heavy atom. The normalized spacial score (nSPS) is 14.7. The summed E-state index contributed by atoms with van der Waals surface area (Å²) in [6.45, 7) is 22.2. The molecule has 8 nitrogen and oxygen atoms in total. The van der Waals surface area contributed by atoms with Gasteiger partial charge in [0.1, 0.15) is 11.5 Å². The number of allylic oxidation sites excluding steroid dienone is 8. The van der Waals surface area contributed by atoms with Gasteiger partial charge in [0.05, 0.1) is 34.2 Å². The predicted octanol–water partition coefficient (Wildman–Crippen LogP) is 9.58. The lowest BCUT2D eigenvalue weighted by Crippen LogP contribution is -2.25. The van der Waals surface area contributed by atoms with Crippen LogP contribution >= 0.6 is 0 Å². The Morgan fingerprint density at radius 3 is 0.980 bits per heavy atom. The molecule has 0 bridgehead atoms. The summed E-state index contributed by atoms with van der Waals surface area (Å²) in [5, 5.41) is 49.7. The zero-order valence-electron chi connectivity index (χ0n) is 31.1. The number of hydrogen-bond donors (Lipinski definition) is 8. The van der Waals surface area contributed by atoms with E-state index < -0.39 is 0 Å². The van der Waals surface area contributed by atoms with Crippen LogP contribution in [0.25, 0.3) is 0 Å². The van der Waals surface area contributed by atoms with Gasteiger partial charge in [-0.25, -0.2) is 0 Å². The Labute approximate surface area is 293 Å². The van der Waals surface area contributed by atoms with Crippen molar-refractivity contribution in [2.75, 3.05) is 11.5 Å². The molecule has 0 aliphatic heterocycles. The number of anilines is 2. The summed E-state index contributed by atoms with van der Waals surface area (Å²) in [5.74, 6) is 0.144. The quantitative estimate of drug-likeness (QED) is 0.0866. The fourth-order valence-electron chi connectivity index (χ4n) is 6.52. The SMILES string of the molecule is CC(C)(C)CC(C)(C)c1cc(N)c(O)c(Cc2cc(C(C)(C)CC(C)(C)C)cc(N)c2O)c1.N=C1C=CC=CC1=N.N=C1C=CC=CC1=N. The van der Waals surface area contributed by atoms with E-state index in [0.29, 0.717) is 28.9 Å². The van der Waals surface area contributed by atoms with Crippen LogP contribution in [-0.2, 0) is 17.3 Å². The fraction of sp³-hybridized carbons (Fsp3) is 0.415. The van der Waals surface area contributed by atoms with Crippen LogP contribution in [-0.4, -0.2) is 33.1 Å². The number of phenolic OH excluding ortho intramolecular Hbond substituents is 2. The molecule has 0 saturated carbocycles. The van der Waals surface area contributed by atoms with Crippen LogP contribution in [0.15, 0.2) is 72.9 Å². The second-order valence-electron chi connectivity index (χ2n) is 16.7. The summed E-state index contributed by atoms with van der Waals surface area (Å²) < 4.78 is 0. The number of phenols is 2. The van der Waals surface area contributed by atoms with Crippen LogP contribution in [0.1, 0.15) is 104 Å². The number of rotatable bonds is 6. The van der Waals surface area contributed by atoms with Gasteiger partial charge in [0.2, 0.25) is 0 Å². The maximum Gasteiger partial charge on any atom is 0.142 e. The average molecular weight is 667 g/mol. The summed E-state index contributed by atoms with van der Waals surface area (Å²) in [6, 6.07) is 7.81. The lowest BCUT2D eigenvalue weighted by Gasteiger charge is -2.34. The number of nitrogens with one attached hydrogen (secondary N) is 4. The molecular weight excluding hydrogens is 608 g/mol. The van der Waals surface area contributed by atoms with Gasteiger partial charge in [-0.3, -0.25) is 21.6 Å². The van der Waals surface area contributed by atoms with Crippen LogP contribution in [0, 0.1) is 32.5 Å². The Hall–Kier alpha value is -4.72. The molecule has 0 aromatic heterocycles. The lowest BCUT2D eigenvalue weighted by molar-refractivity contribution is 0.283. The zero-order chi connectivity index (χ0) is 37.5. The third kappa shape index (κ3) is 12.3. The van der Waals surface area contributed by atoms with E-state index in [1.807, 2.05) is 24.3 Å². The molecule has 0 radical (unpaired) electrons. The lowest BCUT2D eigenvalue weighted by atomic mass is 9.71. The van der Waals surface area contributed by atoms with Gasteiger partial charge in [-0.2, -0.15) is 0 Å². The second kappa shape index (κ2) is 15.7. The molecule has 2 aliphatic rings. The molecule has 4 rings (SSSR count). The van der Waals surface area contributed by atoms with Crippen molar-refractivity contribution in [3.05, 3.63) is 95.1 Å². The molecule has 0 fully saturated rings. The molecule has 2 aliphatic carbocycles. The van der Waals surface area contributed by atoms with Gasteiger partial charge in [0.15, 0.2) is 0 Å². The van der Waals surface area contributed by atoms with E-state index in [1.54, 1.807) is 48.6 Å². The van der Waals surface area contributed by atoms with E-state index in [1.165, 1.54) is 0 Å². The van der Waals surface area contributed by atoms with E-state index in [0.717, 1.165) is 24.0 Å². The Morgan fingerprint density at radius 1 is 0.490 bits per heavy atom. The zero-order valence-corrected chi connectivity index (χ0v) is 31.1. The molecule has 10 N–H and O–H groups in total. The van der Waals surface area contributed by atoms with Crippen molar-refractivity contribution >= 4 is 34.2 Å². The van der Waals surface area contributed by atoms with E-state index in [4.69, 9.17) is 33.1 Å². The Balaban J connectivity index is 0.000000419. The van der Waals surface area contributed by atoms with Crippen LogP contribution in [0.4, 0.5) is 11.4 Å². The number of nitrogen functional groups attached to an aromatic ring is 2. The van der Waals surface area contributed by atoms with Crippen molar-refractivity contribution in [3.63, 3.8) is 0 Å².